The second kappa shape index (κ2) is 9.42. The summed E-state index contributed by atoms with van der Waals surface area (Å²) in [5.41, 5.74) is 3.82. The number of benzene rings is 2. The fraction of sp³-hybridized carbons (Fsp3) is 0.250. The number of hydrogen-bond acceptors (Lipinski definition) is 4. The van der Waals surface area contributed by atoms with Crippen molar-refractivity contribution >= 4 is 61.2 Å². The summed E-state index contributed by atoms with van der Waals surface area (Å²) in [4.78, 5) is 33.5. The van der Waals surface area contributed by atoms with Crippen molar-refractivity contribution in [1.29, 1.82) is 0 Å². The zero-order chi connectivity index (χ0) is 23.8. The molecule has 2 aromatic heterocycles. The minimum Gasteiger partial charge on any atom is -0.480 e. The third-order valence-electron chi connectivity index (χ3n) is 6.11. The lowest BCUT2D eigenvalue weighted by molar-refractivity contribution is -0.140. The van der Waals surface area contributed by atoms with Crippen molar-refractivity contribution in [3.63, 3.8) is 0 Å². The molecule has 5 rings (SSSR count). The number of aromatic amines is 2. The minimum atomic E-state index is -0.858. The van der Waals surface area contributed by atoms with Crippen LogP contribution in [-0.4, -0.2) is 70.6 Å². The van der Waals surface area contributed by atoms with Crippen LogP contribution < -0.4 is 10.6 Å². The number of carboxylic acids is 1. The van der Waals surface area contributed by atoms with Gasteiger partial charge in [0.1, 0.15) is 6.04 Å². The van der Waals surface area contributed by atoms with Crippen molar-refractivity contribution in [3.8, 4) is 11.4 Å². The Labute approximate surface area is 208 Å². The Morgan fingerprint density at radius 3 is 2.82 bits per heavy atom. The van der Waals surface area contributed by atoms with Crippen LogP contribution in [0.5, 0.6) is 0 Å². The molecule has 0 saturated carbocycles. The number of hydrogen-bond donors (Lipinski definition) is 5. The van der Waals surface area contributed by atoms with Crippen LogP contribution >= 0.6 is 27.5 Å². The predicted octanol–water partition coefficient (Wildman–Crippen LogP) is 3.82. The number of H-pyrrole nitrogens is 2. The van der Waals surface area contributed by atoms with Gasteiger partial charge >= 0.3 is 5.97 Å². The van der Waals surface area contributed by atoms with Gasteiger partial charge in [0.25, 0.3) is 5.91 Å². The molecule has 2 aromatic carbocycles. The van der Waals surface area contributed by atoms with Gasteiger partial charge in [-0.05, 0) is 36.4 Å². The molecule has 0 unspecified atom stereocenters. The van der Waals surface area contributed by atoms with Crippen LogP contribution in [0.2, 0.25) is 5.02 Å². The van der Waals surface area contributed by atoms with Crippen molar-refractivity contribution in [3.05, 3.63) is 57.5 Å². The molecule has 0 bridgehead atoms. The van der Waals surface area contributed by atoms with Crippen LogP contribution in [0.15, 0.2) is 46.9 Å². The Morgan fingerprint density at radius 1 is 1.15 bits per heavy atom. The molecule has 8 nitrogen and oxygen atoms in total. The molecule has 10 heteroatoms. The van der Waals surface area contributed by atoms with E-state index in [2.05, 4.69) is 36.5 Å². The maximum absolute atomic E-state index is 13.4. The number of nitrogens with zero attached hydrogens (tertiary/aromatic N) is 1. The molecule has 1 saturated heterocycles. The molecule has 0 spiro atoms. The van der Waals surface area contributed by atoms with E-state index in [4.69, 9.17) is 11.6 Å². The van der Waals surface area contributed by atoms with Crippen LogP contribution in [-0.2, 0) is 4.79 Å². The Balaban J connectivity index is 1.41. The van der Waals surface area contributed by atoms with Crippen molar-refractivity contribution in [2.24, 2.45) is 0 Å². The molecule has 3 heterocycles. The summed E-state index contributed by atoms with van der Waals surface area (Å²) in [6.45, 7) is 2.75. The first-order valence-electron chi connectivity index (χ1n) is 11.0. The second-order valence-corrected chi connectivity index (χ2v) is 9.73. The lowest BCUT2D eigenvalue weighted by atomic mass is 10.1. The average Bonchev–Trinajstić information content (AvgIpc) is 3.39. The molecule has 176 valence electrons. The Kier molecular flexibility index (Phi) is 6.35. The highest BCUT2D eigenvalue weighted by atomic mass is 79.9. The van der Waals surface area contributed by atoms with Crippen molar-refractivity contribution in [1.82, 2.24) is 25.5 Å². The quantitative estimate of drug-likeness (QED) is 0.253. The van der Waals surface area contributed by atoms with E-state index in [1.165, 1.54) is 0 Å². The molecule has 34 heavy (non-hydrogen) atoms. The van der Waals surface area contributed by atoms with E-state index in [-0.39, 0.29) is 5.91 Å². The van der Waals surface area contributed by atoms with Gasteiger partial charge in [-0.1, -0.05) is 33.6 Å². The van der Waals surface area contributed by atoms with Gasteiger partial charge < -0.3 is 25.7 Å². The lowest BCUT2D eigenvalue weighted by Crippen LogP contribution is -2.55. The number of rotatable bonds is 6. The first kappa shape index (κ1) is 22.9. The molecule has 1 amide bonds. The highest BCUT2D eigenvalue weighted by Crippen LogP contribution is 2.33. The predicted molar refractivity (Wildman–Crippen MR) is 137 cm³/mol. The normalized spacial score (nSPS) is 16.8. The number of fused-ring (bicyclic) bond motifs is 2. The molecule has 4 aromatic rings. The number of aliphatic carboxylic acids is 1. The molecule has 1 aliphatic rings. The van der Waals surface area contributed by atoms with Crippen molar-refractivity contribution in [2.45, 2.75) is 6.04 Å². The fourth-order valence-electron chi connectivity index (χ4n) is 4.44. The van der Waals surface area contributed by atoms with Gasteiger partial charge in [0.05, 0.1) is 17.0 Å². The Morgan fingerprint density at radius 2 is 2.00 bits per heavy atom. The number of amides is 1. The molecule has 0 radical (unpaired) electrons. The number of nitrogens with one attached hydrogen (secondary N) is 4. The number of carbonyl (C=O) groups is 2. The monoisotopic (exact) mass is 543 g/mol. The van der Waals surface area contributed by atoms with Gasteiger partial charge in [0.15, 0.2) is 0 Å². The number of carbonyl (C=O) groups excluding carboxylic acids is 1. The summed E-state index contributed by atoms with van der Waals surface area (Å²) in [6.07, 6.45) is 0. The molecular formula is C24H23BrClN5O3. The minimum absolute atomic E-state index is 0.190. The molecule has 1 fully saturated rings. The standard InChI is InChI=1S/C24H23BrClN5O3/c25-14-1-3-16-18(11-14)30-22(19-10-13-9-15(26)2-4-17(13)29-19)21(16)23(32)28-6-8-31-7-5-27-20(12-31)24(33)34/h1-4,9-11,20,27,29-30H,5-8,12H2,(H,28,32)(H,33,34)/t20-/m0/s1. The van der Waals surface area contributed by atoms with Gasteiger partial charge in [-0.25, -0.2) is 0 Å². The van der Waals surface area contributed by atoms with E-state index in [1.54, 1.807) is 0 Å². The van der Waals surface area contributed by atoms with Crippen LogP contribution in [0.25, 0.3) is 33.2 Å². The topological polar surface area (TPSA) is 113 Å². The van der Waals surface area contributed by atoms with Crippen molar-refractivity contribution < 1.29 is 14.7 Å². The van der Waals surface area contributed by atoms with Crippen LogP contribution in [0.3, 0.4) is 0 Å². The van der Waals surface area contributed by atoms with Crippen molar-refractivity contribution in [2.75, 3.05) is 32.7 Å². The lowest BCUT2D eigenvalue weighted by Gasteiger charge is -2.31. The van der Waals surface area contributed by atoms with E-state index in [0.717, 1.165) is 38.5 Å². The zero-order valence-corrected chi connectivity index (χ0v) is 20.5. The summed E-state index contributed by atoms with van der Waals surface area (Å²) in [5.74, 6) is -1.05. The van der Waals surface area contributed by atoms with Crippen LogP contribution in [0.4, 0.5) is 0 Å². The van der Waals surface area contributed by atoms with Crippen LogP contribution in [0.1, 0.15) is 10.4 Å². The molecule has 1 atom stereocenters. The third-order valence-corrected chi connectivity index (χ3v) is 6.84. The summed E-state index contributed by atoms with van der Waals surface area (Å²) in [7, 11) is 0. The van der Waals surface area contributed by atoms with Gasteiger partial charge in [-0.15, -0.1) is 0 Å². The smallest absolute Gasteiger partial charge is 0.322 e. The van der Waals surface area contributed by atoms with E-state index in [0.29, 0.717) is 42.5 Å². The van der Waals surface area contributed by atoms with E-state index >= 15 is 0 Å². The van der Waals surface area contributed by atoms with E-state index in [1.807, 2.05) is 47.4 Å². The van der Waals surface area contributed by atoms with Gasteiger partial charge in [-0.2, -0.15) is 0 Å². The average molecular weight is 545 g/mol. The summed E-state index contributed by atoms with van der Waals surface area (Å²) >= 11 is 9.65. The summed E-state index contributed by atoms with van der Waals surface area (Å²) in [5, 5.41) is 17.7. The summed E-state index contributed by atoms with van der Waals surface area (Å²) < 4.78 is 0.912. The molecule has 0 aliphatic carbocycles. The first-order valence-corrected chi connectivity index (χ1v) is 12.1. The number of carboxylic acid groups (broad SMARTS) is 1. The maximum Gasteiger partial charge on any atom is 0.322 e. The number of halogens is 2. The number of aromatic nitrogens is 2. The zero-order valence-electron chi connectivity index (χ0n) is 18.1. The van der Waals surface area contributed by atoms with Gasteiger partial charge in [0.2, 0.25) is 0 Å². The summed E-state index contributed by atoms with van der Waals surface area (Å²) in [6, 6.07) is 12.8. The molecular weight excluding hydrogens is 522 g/mol. The van der Waals surface area contributed by atoms with E-state index in [9.17, 15) is 14.7 Å². The Hall–Kier alpha value is -2.85. The third kappa shape index (κ3) is 4.56. The van der Waals surface area contributed by atoms with Gasteiger partial charge in [0, 0.05) is 64.0 Å². The molecule has 5 N–H and O–H groups in total. The second-order valence-electron chi connectivity index (χ2n) is 8.38. The highest BCUT2D eigenvalue weighted by molar-refractivity contribution is 9.10. The van der Waals surface area contributed by atoms with Gasteiger partial charge in [-0.3, -0.25) is 14.5 Å². The van der Waals surface area contributed by atoms with E-state index < -0.39 is 12.0 Å². The first-order chi connectivity index (χ1) is 16.4. The SMILES string of the molecule is O=C(NCCN1CCN[C@H](C(=O)O)C1)c1c(-c2cc3cc(Cl)ccc3[nH]2)[nH]c2cc(Br)ccc12. The highest BCUT2D eigenvalue weighted by Gasteiger charge is 2.25. The Bertz CT molecular complexity index is 1400. The fourth-order valence-corrected chi connectivity index (χ4v) is 4.98. The molecule has 1 aliphatic heterocycles. The van der Waals surface area contributed by atoms with Crippen LogP contribution in [0, 0.1) is 0 Å². The maximum atomic E-state index is 13.4. The largest absolute Gasteiger partial charge is 0.480 e. The number of piperazine rings is 1.